The number of hydrogen-bond acceptors (Lipinski definition) is 6. The van der Waals surface area contributed by atoms with Crippen LogP contribution in [-0.2, 0) is 0 Å². The molecule has 2 heterocycles. The molecule has 0 fully saturated rings. The van der Waals surface area contributed by atoms with E-state index in [0.29, 0.717) is 17.2 Å². The van der Waals surface area contributed by atoms with Gasteiger partial charge in [-0.15, -0.1) is 5.10 Å². The van der Waals surface area contributed by atoms with Crippen molar-refractivity contribution in [2.75, 3.05) is 12.4 Å². The number of anilines is 1. The maximum atomic E-state index is 12.2. The Morgan fingerprint density at radius 1 is 1.29 bits per heavy atom. The predicted octanol–water partition coefficient (Wildman–Crippen LogP) is 3.06. The molecule has 0 atom stereocenters. The Hall–Kier alpha value is -2.67. The van der Waals surface area contributed by atoms with Gasteiger partial charge in [-0.25, -0.2) is 0 Å². The Bertz CT molecular complexity index is 752. The first-order valence-electron chi connectivity index (χ1n) is 6.08. The third-order valence-electron chi connectivity index (χ3n) is 2.77. The smallest absolute Gasteiger partial charge is 0.322 e. The van der Waals surface area contributed by atoms with Crippen molar-refractivity contribution in [2.24, 2.45) is 0 Å². The molecule has 0 aliphatic heterocycles. The summed E-state index contributed by atoms with van der Waals surface area (Å²) < 4.78 is 10.5. The summed E-state index contributed by atoms with van der Waals surface area (Å²) in [5.74, 6) is 0.479. The number of ether oxygens (including phenoxy) is 1. The number of amides is 1. The van der Waals surface area contributed by atoms with Gasteiger partial charge >= 0.3 is 6.01 Å². The molecule has 0 radical (unpaired) electrons. The van der Waals surface area contributed by atoms with Gasteiger partial charge < -0.3 is 9.15 Å². The molecule has 3 rings (SSSR count). The minimum Gasteiger partial charge on any atom is -0.496 e. The molecular weight excluding hydrogens is 290 g/mol. The molecule has 7 heteroatoms. The maximum absolute atomic E-state index is 12.2. The highest BCUT2D eigenvalue weighted by molar-refractivity contribution is 7.08. The van der Waals surface area contributed by atoms with E-state index in [9.17, 15) is 4.79 Å². The fourth-order valence-corrected chi connectivity index (χ4v) is 2.40. The third-order valence-corrected chi connectivity index (χ3v) is 3.45. The zero-order valence-corrected chi connectivity index (χ0v) is 11.9. The van der Waals surface area contributed by atoms with E-state index in [1.54, 1.807) is 24.3 Å². The zero-order valence-electron chi connectivity index (χ0n) is 11.1. The van der Waals surface area contributed by atoms with E-state index in [1.165, 1.54) is 18.4 Å². The van der Waals surface area contributed by atoms with E-state index in [4.69, 9.17) is 9.15 Å². The van der Waals surface area contributed by atoms with Crippen molar-refractivity contribution in [3.8, 4) is 17.2 Å². The minimum absolute atomic E-state index is 0.0482. The molecule has 1 N–H and O–H groups in total. The zero-order chi connectivity index (χ0) is 14.7. The Labute approximate surface area is 124 Å². The van der Waals surface area contributed by atoms with Gasteiger partial charge in [-0.2, -0.15) is 11.3 Å². The van der Waals surface area contributed by atoms with Crippen molar-refractivity contribution >= 4 is 23.3 Å². The van der Waals surface area contributed by atoms with Crippen molar-refractivity contribution in [3.05, 3.63) is 46.7 Å². The van der Waals surface area contributed by atoms with Crippen LogP contribution in [0.15, 0.2) is 45.5 Å². The lowest BCUT2D eigenvalue weighted by Gasteiger charge is -2.06. The van der Waals surface area contributed by atoms with Crippen LogP contribution in [0, 0.1) is 0 Å². The molecule has 0 bridgehead atoms. The van der Waals surface area contributed by atoms with Crippen molar-refractivity contribution in [3.63, 3.8) is 0 Å². The van der Waals surface area contributed by atoms with E-state index in [0.717, 1.165) is 5.56 Å². The summed E-state index contributed by atoms with van der Waals surface area (Å²) in [6, 6.07) is 8.82. The van der Waals surface area contributed by atoms with E-state index in [-0.39, 0.29) is 11.9 Å². The third kappa shape index (κ3) is 2.77. The SMILES string of the molecule is COc1ccccc1C(=O)Nc1nnc(-c2ccsc2)o1. The van der Waals surface area contributed by atoms with E-state index in [1.807, 2.05) is 16.8 Å². The molecule has 106 valence electrons. The number of nitrogens with one attached hydrogen (secondary N) is 1. The standard InChI is InChI=1S/C14H11N3O3S/c1-19-11-5-3-2-4-10(11)12(18)15-14-17-16-13(20-14)9-6-7-21-8-9/h2-8H,1H3,(H,15,17,18). The van der Waals surface area contributed by atoms with Crippen LogP contribution in [0.2, 0.25) is 0 Å². The average molecular weight is 301 g/mol. The molecule has 0 spiro atoms. The first-order chi connectivity index (χ1) is 10.3. The molecule has 0 aliphatic rings. The van der Waals surface area contributed by atoms with Crippen LogP contribution in [0.4, 0.5) is 6.01 Å². The lowest BCUT2D eigenvalue weighted by atomic mass is 10.2. The lowest BCUT2D eigenvalue weighted by Crippen LogP contribution is -2.13. The van der Waals surface area contributed by atoms with Gasteiger partial charge in [0, 0.05) is 10.9 Å². The highest BCUT2D eigenvalue weighted by Crippen LogP contribution is 2.23. The van der Waals surface area contributed by atoms with Crippen molar-refractivity contribution < 1.29 is 13.9 Å². The molecule has 6 nitrogen and oxygen atoms in total. The molecule has 1 aromatic carbocycles. The van der Waals surface area contributed by atoms with Gasteiger partial charge in [-0.3, -0.25) is 10.1 Å². The number of carbonyl (C=O) groups is 1. The number of rotatable bonds is 4. The second-order valence-corrected chi connectivity index (χ2v) is 4.86. The number of carbonyl (C=O) groups excluding carboxylic acids is 1. The first kappa shape index (κ1) is 13.3. The highest BCUT2D eigenvalue weighted by atomic mass is 32.1. The summed E-state index contributed by atoms with van der Waals surface area (Å²) in [7, 11) is 1.51. The number of methoxy groups -OCH3 is 1. The average Bonchev–Trinajstić information content (AvgIpc) is 3.17. The van der Waals surface area contributed by atoms with Gasteiger partial charge in [0.2, 0.25) is 0 Å². The predicted molar refractivity (Wildman–Crippen MR) is 78.6 cm³/mol. The van der Waals surface area contributed by atoms with Crippen molar-refractivity contribution in [1.82, 2.24) is 10.2 Å². The molecule has 0 aliphatic carbocycles. The monoisotopic (exact) mass is 301 g/mol. The van der Waals surface area contributed by atoms with Crippen molar-refractivity contribution in [1.29, 1.82) is 0 Å². The summed E-state index contributed by atoms with van der Waals surface area (Å²) in [4.78, 5) is 12.2. The van der Waals surface area contributed by atoms with Gasteiger partial charge in [0.25, 0.3) is 11.8 Å². The fourth-order valence-electron chi connectivity index (χ4n) is 1.77. The quantitative estimate of drug-likeness (QED) is 0.801. The maximum Gasteiger partial charge on any atom is 0.322 e. The number of aromatic nitrogens is 2. The van der Waals surface area contributed by atoms with Crippen molar-refractivity contribution in [2.45, 2.75) is 0 Å². The molecule has 0 saturated carbocycles. The Morgan fingerprint density at radius 3 is 2.90 bits per heavy atom. The largest absolute Gasteiger partial charge is 0.496 e. The molecule has 0 unspecified atom stereocenters. The van der Waals surface area contributed by atoms with E-state index >= 15 is 0 Å². The Morgan fingerprint density at radius 2 is 2.14 bits per heavy atom. The van der Waals surface area contributed by atoms with Gasteiger partial charge in [-0.1, -0.05) is 17.2 Å². The van der Waals surface area contributed by atoms with E-state index < -0.39 is 0 Å². The molecule has 2 aromatic heterocycles. The second-order valence-electron chi connectivity index (χ2n) is 4.08. The summed E-state index contributed by atoms with van der Waals surface area (Å²) in [5.41, 5.74) is 1.22. The van der Waals surface area contributed by atoms with Gasteiger partial charge in [-0.05, 0) is 23.6 Å². The highest BCUT2D eigenvalue weighted by Gasteiger charge is 2.15. The van der Waals surface area contributed by atoms with Crippen LogP contribution in [0.25, 0.3) is 11.5 Å². The van der Waals surface area contributed by atoms with Gasteiger partial charge in [0.1, 0.15) is 5.75 Å². The first-order valence-corrected chi connectivity index (χ1v) is 7.02. The van der Waals surface area contributed by atoms with Crippen LogP contribution < -0.4 is 10.1 Å². The van der Waals surface area contributed by atoms with E-state index in [2.05, 4.69) is 15.5 Å². The summed E-state index contributed by atoms with van der Waals surface area (Å²) >= 11 is 1.53. The molecule has 3 aromatic rings. The number of hydrogen-bond donors (Lipinski definition) is 1. The molecule has 0 saturated heterocycles. The van der Waals surface area contributed by atoms with Gasteiger partial charge in [0.05, 0.1) is 12.7 Å². The lowest BCUT2D eigenvalue weighted by molar-refractivity contribution is 0.102. The van der Waals surface area contributed by atoms with Crippen LogP contribution in [0.3, 0.4) is 0 Å². The number of thiophene rings is 1. The number of para-hydroxylation sites is 1. The second kappa shape index (κ2) is 5.76. The fraction of sp³-hybridized carbons (Fsp3) is 0.0714. The Balaban J connectivity index is 1.79. The molecular formula is C14H11N3O3S. The van der Waals surface area contributed by atoms with Crippen LogP contribution in [0.5, 0.6) is 5.75 Å². The topological polar surface area (TPSA) is 77.2 Å². The molecule has 1 amide bonds. The van der Waals surface area contributed by atoms with Crippen LogP contribution in [0.1, 0.15) is 10.4 Å². The minimum atomic E-state index is -0.368. The summed E-state index contributed by atoms with van der Waals surface area (Å²) in [5, 5.41) is 14.1. The summed E-state index contributed by atoms with van der Waals surface area (Å²) in [6.07, 6.45) is 0. The number of benzene rings is 1. The Kier molecular flexibility index (Phi) is 3.65. The van der Waals surface area contributed by atoms with Crippen LogP contribution in [-0.4, -0.2) is 23.2 Å². The normalized spacial score (nSPS) is 10.3. The molecule has 21 heavy (non-hydrogen) atoms. The van der Waals surface area contributed by atoms with Crippen LogP contribution >= 0.6 is 11.3 Å². The number of nitrogens with zero attached hydrogens (tertiary/aromatic N) is 2. The van der Waals surface area contributed by atoms with Gasteiger partial charge in [0.15, 0.2) is 0 Å². The summed E-state index contributed by atoms with van der Waals surface area (Å²) in [6.45, 7) is 0.